The summed E-state index contributed by atoms with van der Waals surface area (Å²) >= 11 is 0. The number of aryl methyl sites for hydroxylation is 1. The maximum atomic E-state index is 11.8. The van der Waals surface area contributed by atoms with Crippen molar-refractivity contribution in [1.82, 2.24) is 0 Å². The van der Waals surface area contributed by atoms with Crippen molar-refractivity contribution < 1.29 is 19.1 Å². The number of rotatable bonds is 7. The Labute approximate surface area is 125 Å². The van der Waals surface area contributed by atoms with Crippen LogP contribution >= 0.6 is 0 Å². The topological polar surface area (TPSA) is 64.6 Å². The van der Waals surface area contributed by atoms with Crippen molar-refractivity contribution in [3.8, 4) is 0 Å². The number of amides is 1. The summed E-state index contributed by atoms with van der Waals surface area (Å²) in [5.41, 5.74) is 1.97. The molecule has 1 amide bonds. The highest BCUT2D eigenvalue weighted by Crippen LogP contribution is 2.17. The zero-order chi connectivity index (χ0) is 15.8. The summed E-state index contributed by atoms with van der Waals surface area (Å²) in [4.78, 5) is 23.2. The largest absolute Gasteiger partial charge is 0.465 e. The van der Waals surface area contributed by atoms with E-state index >= 15 is 0 Å². The zero-order valence-electron chi connectivity index (χ0n) is 13.1. The van der Waals surface area contributed by atoms with Crippen molar-refractivity contribution in [3.63, 3.8) is 0 Å². The Morgan fingerprint density at radius 2 is 2.00 bits per heavy atom. The van der Waals surface area contributed by atoms with Crippen LogP contribution in [-0.4, -0.2) is 32.2 Å². The summed E-state index contributed by atoms with van der Waals surface area (Å²) < 4.78 is 10.0. The summed E-state index contributed by atoms with van der Waals surface area (Å²) in [5.74, 6) is -0.0353. The second-order valence-electron chi connectivity index (χ2n) is 5.29. The van der Waals surface area contributed by atoms with Gasteiger partial charge >= 0.3 is 5.97 Å². The maximum Gasteiger partial charge on any atom is 0.337 e. The molecule has 0 saturated heterocycles. The predicted molar refractivity (Wildman–Crippen MR) is 81.4 cm³/mol. The molecule has 116 valence electrons. The average molecular weight is 293 g/mol. The van der Waals surface area contributed by atoms with E-state index in [4.69, 9.17) is 4.74 Å². The van der Waals surface area contributed by atoms with Crippen molar-refractivity contribution in [1.29, 1.82) is 0 Å². The summed E-state index contributed by atoms with van der Waals surface area (Å²) in [5, 5.41) is 2.81. The molecule has 0 atom stereocenters. The summed E-state index contributed by atoms with van der Waals surface area (Å²) in [6.45, 7) is 7.01. The molecule has 0 unspecified atom stereocenters. The molecule has 5 heteroatoms. The standard InChI is InChI=1S/C16H23NO4/c1-11(2)10-21-8-7-15(18)17-14-6-5-13(9-12(14)3)16(19)20-4/h5-6,9,11H,7-8,10H2,1-4H3,(H,17,18). The van der Waals surface area contributed by atoms with Crippen LogP contribution in [0.15, 0.2) is 18.2 Å². The van der Waals surface area contributed by atoms with Gasteiger partial charge in [0.15, 0.2) is 0 Å². The van der Waals surface area contributed by atoms with E-state index in [1.165, 1.54) is 7.11 Å². The average Bonchev–Trinajstić information content (AvgIpc) is 2.44. The molecule has 0 saturated carbocycles. The Kier molecular flexibility index (Phi) is 6.88. The fraction of sp³-hybridized carbons (Fsp3) is 0.500. The van der Waals surface area contributed by atoms with Gasteiger partial charge in [0.25, 0.3) is 0 Å². The van der Waals surface area contributed by atoms with Gasteiger partial charge in [-0.3, -0.25) is 4.79 Å². The molecular formula is C16H23NO4. The first kappa shape index (κ1) is 17.2. The van der Waals surface area contributed by atoms with E-state index in [9.17, 15) is 9.59 Å². The van der Waals surface area contributed by atoms with Gasteiger partial charge in [0.05, 0.1) is 25.7 Å². The summed E-state index contributed by atoms with van der Waals surface area (Å²) in [6.07, 6.45) is 0.310. The zero-order valence-corrected chi connectivity index (χ0v) is 13.1. The van der Waals surface area contributed by atoms with E-state index in [0.717, 1.165) is 5.56 Å². The van der Waals surface area contributed by atoms with Gasteiger partial charge in [0, 0.05) is 12.3 Å². The van der Waals surface area contributed by atoms with Crippen molar-refractivity contribution in [3.05, 3.63) is 29.3 Å². The number of methoxy groups -OCH3 is 1. The third-order valence-corrected chi connectivity index (χ3v) is 2.85. The molecular weight excluding hydrogens is 270 g/mol. The molecule has 21 heavy (non-hydrogen) atoms. The molecule has 0 spiro atoms. The number of benzene rings is 1. The molecule has 0 aliphatic carbocycles. The van der Waals surface area contributed by atoms with Crippen LogP contribution in [0, 0.1) is 12.8 Å². The molecule has 1 rings (SSSR count). The van der Waals surface area contributed by atoms with Crippen molar-refractivity contribution >= 4 is 17.6 Å². The Balaban J connectivity index is 2.51. The number of hydrogen-bond acceptors (Lipinski definition) is 4. The highest BCUT2D eigenvalue weighted by molar-refractivity contribution is 5.94. The summed E-state index contributed by atoms with van der Waals surface area (Å²) in [7, 11) is 1.34. The fourth-order valence-corrected chi connectivity index (χ4v) is 1.75. The predicted octanol–water partition coefficient (Wildman–Crippen LogP) is 2.78. The van der Waals surface area contributed by atoms with Crippen LogP contribution in [0.4, 0.5) is 5.69 Å². The summed E-state index contributed by atoms with van der Waals surface area (Å²) in [6, 6.07) is 5.02. The van der Waals surface area contributed by atoms with Gasteiger partial charge in [0.1, 0.15) is 0 Å². The molecule has 0 aliphatic rings. The lowest BCUT2D eigenvalue weighted by Gasteiger charge is -2.10. The maximum absolute atomic E-state index is 11.8. The highest BCUT2D eigenvalue weighted by Gasteiger charge is 2.09. The first-order valence-corrected chi connectivity index (χ1v) is 7.00. The van der Waals surface area contributed by atoms with Gasteiger partial charge in [-0.1, -0.05) is 13.8 Å². The quantitative estimate of drug-likeness (QED) is 0.620. The van der Waals surface area contributed by atoms with E-state index < -0.39 is 5.97 Å². The SMILES string of the molecule is COC(=O)c1ccc(NC(=O)CCOCC(C)C)c(C)c1. The van der Waals surface area contributed by atoms with Gasteiger partial charge in [-0.05, 0) is 36.6 Å². The van der Waals surface area contributed by atoms with E-state index in [1.807, 2.05) is 6.92 Å². The second kappa shape index (κ2) is 8.42. The normalized spacial score (nSPS) is 10.5. The minimum atomic E-state index is -0.391. The molecule has 0 fully saturated rings. The number of carbonyl (C=O) groups is 2. The lowest BCUT2D eigenvalue weighted by Crippen LogP contribution is -2.16. The van der Waals surface area contributed by atoms with Crippen molar-refractivity contribution in [2.24, 2.45) is 5.92 Å². The number of anilines is 1. The minimum Gasteiger partial charge on any atom is -0.465 e. The van der Waals surface area contributed by atoms with Gasteiger partial charge in [-0.25, -0.2) is 4.79 Å². The Morgan fingerprint density at radius 1 is 1.29 bits per heavy atom. The Hall–Kier alpha value is -1.88. The van der Waals surface area contributed by atoms with Gasteiger partial charge in [-0.15, -0.1) is 0 Å². The van der Waals surface area contributed by atoms with E-state index in [0.29, 0.717) is 36.8 Å². The van der Waals surface area contributed by atoms with Crippen molar-refractivity contribution in [2.45, 2.75) is 27.2 Å². The number of nitrogens with one attached hydrogen (secondary N) is 1. The first-order valence-electron chi connectivity index (χ1n) is 7.00. The van der Waals surface area contributed by atoms with E-state index in [1.54, 1.807) is 18.2 Å². The number of ether oxygens (including phenoxy) is 2. The molecule has 1 aromatic rings. The van der Waals surface area contributed by atoms with Crippen LogP contribution in [-0.2, 0) is 14.3 Å². The molecule has 0 radical (unpaired) electrons. The highest BCUT2D eigenvalue weighted by atomic mass is 16.5. The van der Waals surface area contributed by atoms with Gasteiger partial charge in [-0.2, -0.15) is 0 Å². The monoisotopic (exact) mass is 293 g/mol. The van der Waals surface area contributed by atoms with Crippen LogP contribution in [0.25, 0.3) is 0 Å². The molecule has 0 aliphatic heterocycles. The van der Waals surface area contributed by atoms with Crippen LogP contribution < -0.4 is 5.32 Å². The second-order valence-corrected chi connectivity index (χ2v) is 5.29. The van der Waals surface area contributed by atoms with Gasteiger partial charge < -0.3 is 14.8 Å². The number of hydrogen-bond donors (Lipinski definition) is 1. The van der Waals surface area contributed by atoms with Gasteiger partial charge in [0.2, 0.25) is 5.91 Å². The molecule has 5 nitrogen and oxygen atoms in total. The molecule has 0 aromatic heterocycles. The fourth-order valence-electron chi connectivity index (χ4n) is 1.75. The molecule has 0 bridgehead atoms. The van der Waals surface area contributed by atoms with Crippen LogP contribution in [0.1, 0.15) is 36.2 Å². The Morgan fingerprint density at radius 3 is 2.57 bits per heavy atom. The number of esters is 1. The van der Waals surface area contributed by atoms with E-state index in [2.05, 4.69) is 23.9 Å². The van der Waals surface area contributed by atoms with Crippen LogP contribution in [0.2, 0.25) is 0 Å². The number of carbonyl (C=O) groups excluding carboxylic acids is 2. The van der Waals surface area contributed by atoms with Crippen LogP contribution in [0.5, 0.6) is 0 Å². The lowest BCUT2D eigenvalue weighted by molar-refractivity contribution is -0.117. The minimum absolute atomic E-state index is 0.104. The lowest BCUT2D eigenvalue weighted by atomic mass is 10.1. The van der Waals surface area contributed by atoms with E-state index in [-0.39, 0.29) is 5.91 Å². The molecule has 1 aromatic carbocycles. The third kappa shape index (κ3) is 5.95. The molecule has 0 heterocycles. The third-order valence-electron chi connectivity index (χ3n) is 2.85. The first-order chi connectivity index (χ1) is 9.93. The Bertz CT molecular complexity index is 497. The van der Waals surface area contributed by atoms with Crippen molar-refractivity contribution in [2.75, 3.05) is 25.6 Å². The molecule has 1 N–H and O–H groups in total. The van der Waals surface area contributed by atoms with Crippen LogP contribution in [0.3, 0.4) is 0 Å². The smallest absolute Gasteiger partial charge is 0.337 e.